The van der Waals surface area contributed by atoms with Gasteiger partial charge in [-0.25, -0.2) is 4.98 Å². The third kappa shape index (κ3) is 2.05. The molecule has 3 heterocycles. The molecule has 0 saturated heterocycles. The maximum Gasteiger partial charge on any atom is 0.271 e. The largest absolute Gasteiger partial charge is 0.342 e. The van der Waals surface area contributed by atoms with E-state index in [0.717, 1.165) is 0 Å². The smallest absolute Gasteiger partial charge is 0.271 e. The van der Waals surface area contributed by atoms with Gasteiger partial charge in [0, 0.05) is 17.8 Å². The molecular formula is C10H9N7O2S. The van der Waals surface area contributed by atoms with Crippen molar-refractivity contribution in [2.75, 3.05) is 0 Å². The Labute approximate surface area is 115 Å². The molecule has 0 aliphatic rings. The van der Waals surface area contributed by atoms with Crippen molar-refractivity contribution in [3.63, 3.8) is 0 Å². The number of fused-ring (bicyclic) bond motifs is 1. The zero-order chi connectivity index (χ0) is 14.1. The Morgan fingerprint density at radius 2 is 2.40 bits per heavy atom. The Kier molecular flexibility index (Phi) is 2.99. The van der Waals surface area contributed by atoms with Crippen LogP contribution in [-0.4, -0.2) is 35.9 Å². The Balaban J connectivity index is 1.89. The molecule has 1 unspecified atom stereocenters. The van der Waals surface area contributed by atoms with Crippen LogP contribution in [0.3, 0.4) is 0 Å². The number of thiazole rings is 1. The van der Waals surface area contributed by atoms with E-state index in [0.29, 0.717) is 10.8 Å². The maximum atomic E-state index is 12.1. The second-order valence-corrected chi connectivity index (χ2v) is 4.87. The molecule has 2 N–H and O–H groups in total. The molecule has 0 spiro atoms. The summed E-state index contributed by atoms with van der Waals surface area (Å²) in [7, 11) is 0. The first-order chi connectivity index (χ1) is 9.66. The number of carbonyl (C=O) groups excluding carboxylic acids is 1. The monoisotopic (exact) mass is 291 g/mol. The number of aromatic nitrogens is 6. The van der Waals surface area contributed by atoms with Gasteiger partial charge in [0.15, 0.2) is 10.8 Å². The lowest BCUT2D eigenvalue weighted by molar-refractivity contribution is 0.0936. The average molecular weight is 291 g/mol. The number of rotatable bonds is 3. The number of nitrogens with zero attached hydrogens (tertiary/aromatic N) is 5. The average Bonchev–Trinajstić information content (AvgIpc) is 3.10. The van der Waals surface area contributed by atoms with Crippen molar-refractivity contribution < 1.29 is 4.79 Å². The Bertz CT molecular complexity index is 806. The summed E-state index contributed by atoms with van der Waals surface area (Å²) in [4.78, 5) is 28.8. The number of hydrogen-bond acceptors (Lipinski definition) is 7. The van der Waals surface area contributed by atoms with E-state index in [1.165, 1.54) is 21.9 Å². The van der Waals surface area contributed by atoms with Crippen LogP contribution in [0, 0.1) is 0 Å². The van der Waals surface area contributed by atoms with Gasteiger partial charge in [0.1, 0.15) is 5.56 Å². The second-order valence-electron chi connectivity index (χ2n) is 4.00. The highest BCUT2D eigenvalue weighted by molar-refractivity contribution is 7.15. The minimum absolute atomic E-state index is 0.0313. The highest BCUT2D eigenvalue weighted by atomic mass is 32.1. The van der Waals surface area contributed by atoms with Gasteiger partial charge in [0.25, 0.3) is 11.5 Å². The number of H-pyrrole nitrogens is 1. The van der Waals surface area contributed by atoms with E-state index >= 15 is 0 Å². The first-order valence-corrected chi connectivity index (χ1v) is 6.54. The number of hydrogen-bond donors (Lipinski definition) is 2. The molecule has 0 fully saturated rings. The zero-order valence-corrected chi connectivity index (χ0v) is 11.1. The standard InChI is InChI=1S/C10H9N7O2S/c1-5(7-13-15-16-14-7)12-8(18)6-4-11-10-17(9(6)19)2-3-20-10/h2-5H,1H3,(H,12,18)(H,13,14,15,16). The molecule has 0 aromatic carbocycles. The topological polar surface area (TPSA) is 118 Å². The van der Waals surface area contributed by atoms with Crippen LogP contribution < -0.4 is 10.9 Å². The first-order valence-electron chi connectivity index (χ1n) is 5.66. The van der Waals surface area contributed by atoms with Gasteiger partial charge in [-0.05, 0) is 6.92 Å². The number of amides is 1. The third-order valence-corrected chi connectivity index (χ3v) is 3.45. The summed E-state index contributed by atoms with van der Waals surface area (Å²) < 4.78 is 1.33. The molecule has 9 nitrogen and oxygen atoms in total. The van der Waals surface area contributed by atoms with Gasteiger partial charge in [-0.3, -0.25) is 14.0 Å². The highest BCUT2D eigenvalue weighted by Gasteiger charge is 2.18. The SMILES string of the molecule is CC(NC(=O)c1cnc2sccn2c1=O)c1nn[nH]n1. The molecule has 102 valence electrons. The van der Waals surface area contributed by atoms with Crippen molar-refractivity contribution in [3.05, 3.63) is 39.5 Å². The van der Waals surface area contributed by atoms with Crippen molar-refractivity contribution in [2.45, 2.75) is 13.0 Å². The van der Waals surface area contributed by atoms with Crippen molar-refractivity contribution >= 4 is 22.2 Å². The van der Waals surface area contributed by atoms with Gasteiger partial charge >= 0.3 is 0 Å². The summed E-state index contributed by atoms with van der Waals surface area (Å²) in [6, 6.07) is -0.469. The number of carbonyl (C=O) groups is 1. The first kappa shape index (κ1) is 12.4. The summed E-state index contributed by atoms with van der Waals surface area (Å²) >= 11 is 1.32. The predicted octanol–water partition coefficient (Wildman–Crippen LogP) is -0.240. The molecule has 3 aromatic rings. The summed E-state index contributed by atoms with van der Waals surface area (Å²) in [5.74, 6) is -0.191. The molecule has 0 bridgehead atoms. The van der Waals surface area contributed by atoms with Crippen LogP contribution in [-0.2, 0) is 0 Å². The molecule has 20 heavy (non-hydrogen) atoms. The van der Waals surface area contributed by atoms with Crippen LogP contribution in [0.1, 0.15) is 29.1 Å². The van der Waals surface area contributed by atoms with E-state index < -0.39 is 17.5 Å². The van der Waals surface area contributed by atoms with E-state index in [9.17, 15) is 9.59 Å². The molecule has 0 aliphatic carbocycles. The lowest BCUT2D eigenvalue weighted by Crippen LogP contribution is -2.33. The van der Waals surface area contributed by atoms with Crippen LogP contribution in [0.5, 0.6) is 0 Å². The van der Waals surface area contributed by atoms with E-state index in [1.807, 2.05) is 0 Å². The van der Waals surface area contributed by atoms with Gasteiger partial charge in [-0.2, -0.15) is 5.21 Å². The molecule has 1 atom stereocenters. The predicted molar refractivity (Wildman–Crippen MR) is 69.4 cm³/mol. The van der Waals surface area contributed by atoms with Crippen LogP contribution >= 0.6 is 11.3 Å². The molecule has 0 radical (unpaired) electrons. The quantitative estimate of drug-likeness (QED) is 0.687. The molecule has 10 heteroatoms. The van der Waals surface area contributed by atoms with Gasteiger partial charge < -0.3 is 5.32 Å². The number of aromatic amines is 1. The molecule has 0 saturated carbocycles. The molecule has 3 aromatic heterocycles. The van der Waals surface area contributed by atoms with E-state index in [1.54, 1.807) is 18.5 Å². The van der Waals surface area contributed by atoms with E-state index in [4.69, 9.17) is 0 Å². The Morgan fingerprint density at radius 3 is 3.15 bits per heavy atom. The molecule has 0 aliphatic heterocycles. The second kappa shape index (κ2) is 4.81. The van der Waals surface area contributed by atoms with Gasteiger partial charge in [0.05, 0.1) is 6.04 Å². The fourth-order valence-electron chi connectivity index (χ4n) is 1.67. The van der Waals surface area contributed by atoms with Crippen LogP contribution in [0.25, 0.3) is 4.96 Å². The fourth-order valence-corrected chi connectivity index (χ4v) is 2.35. The lowest BCUT2D eigenvalue weighted by Gasteiger charge is -2.09. The molecule has 3 rings (SSSR count). The van der Waals surface area contributed by atoms with Crippen LogP contribution in [0.2, 0.25) is 0 Å². The van der Waals surface area contributed by atoms with E-state index in [2.05, 4.69) is 30.9 Å². The summed E-state index contributed by atoms with van der Waals surface area (Å²) in [5, 5.41) is 17.6. The van der Waals surface area contributed by atoms with Crippen molar-refractivity contribution in [1.29, 1.82) is 0 Å². The van der Waals surface area contributed by atoms with Crippen molar-refractivity contribution in [2.24, 2.45) is 0 Å². The molecule has 1 amide bonds. The maximum absolute atomic E-state index is 12.1. The van der Waals surface area contributed by atoms with Crippen molar-refractivity contribution in [3.8, 4) is 0 Å². The fraction of sp³-hybridized carbons (Fsp3) is 0.200. The third-order valence-electron chi connectivity index (χ3n) is 2.68. The van der Waals surface area contributed by atoms with Gasteiger partial charge in [0.2, 0.25) is 0 Å². The van der Waals surface area contributed by atoms with E-state index in [-0.39, 0.29) is 5.56 Å². The van der Waals surface area contributed by atoms with Crippen LogP contribution in [0.15, 0.2) is 22.6 Å². The molecular weight excluding hydrogens is 282 g/mol. The lowest BCUT2D eigenvalue weighted by atomic mass is 10.2. The summed E-state index contributed by atoms with van der Waals surface area (Å²) in [6.07, 6.45) is 2.85. The van der Waals surface area contributed by atoms with Crippen molar-refractivity contribution in [1.82, 2.24) is 35.3 Å². The van der Waals surface area contributed by atoms with Crippen LogP contribution in [0.4, 0.5) is 0 Å². The normalized spacial score (nSPS) is 12.4. The summed E-state index contributed by atoms with van der Waals surface area (Å²) in [6.45, 7) is 1.69. The Morgan fingerprint density at radius 1 is 1.55 bits per heavy atom. The minimum Gasteiger partial charge on any atom is -0.342 e. The number of nitrogens with one attached hydrogen (secondary N) is 2. The summed E-state index contributed by atoms with van der Waals surface area (Å²) in [5.41, 5.74) is -0.440. The highest BCUT2D eigenvalue weighted by Crippen LogP contribution is 2.07. The Hall–Kier alpha value is -2.62. The van der Waals surface area contributed by atoms with Gasteiger partial charge in [-0.15, -0.1) is 21.5 Å². The van der Waals surface area contributed by atoms with Gasteiger partial charge in [-0.1, -0.05) is 5.21 Å². The zero-order valence-electron chi connectivity index (χ0n) is 10.3. The minimum atomic E-state index is -0.527. The number of tetrazole rings is 1.